The lowest BCUT2D eigenvalue weighted by molar-refractivity contribution is -0.0520. The third-order valence-corrected chi connectivity index (χ3v) is 2.63. The molecule has 0 aromatic rings. The van der Waals surface area contributed by atoms with E-state index in [9.17, 15) is 0 Å². The Hall–Kier alpha value is -0.0800. The Balaban J connectivity index is 2.52. The standard InChI is InChI=1S/C9H19NO/c1-8(2)9(3)7-10-5-4-6-11-9/h8,10H,4-7H2,1-3H3. The second-order valence-electron chi connectivity index (χ2n) is 3.85. The van der Waals surface area contributed by atoms with E-state index in [1.54, 1.807) is 0 Å². The molecule has 2 heteroatoms. The van der Waals surface area contributed by atoms with E-state index in [1.807, 2.05) is 0 Å². The van der Waals surface area contributed by atoms with Gasteiger partial charge in [-0.05, 0) is 25.8 Å². The molecular formula is C9H19NO. The topological polar surface area (TPSA) is 21.3 Å². The predicted octanol–water partition coefficient (Wildman–Crippen LogP) is 1.41. The molecule has 1 saturated heterocycles. The zero-order chi connectivity index (χ0) is 8.32. The minimum Gasteiger partial charge on any atom is -0.374 e. The number of rotatable bonds is 1. The van der Waals surface area contributed by atoms with Crippen LogP contribution in [0.1, 0.15) is 27.2 Å². The first kappa shape index (κ1) is 9.01. The monoisotopic (exact) mass is 157 g/mol. The average molecular weight is 157 g/mol. The normalized spacial score (nSPS) is 33.8. The molecule has 0 saturated carbocycles. The van der Waals surface area contributed by atoms with Gasteiger partial charge in [0.1, 0.15) is 0 Å². The fraction of sp³-hybridized carbons (Fsp3) is 1.00. The van der Waals surface area contributed by atoms with E-state index in [2.05, 4.69) is 26.1 Å². The van der Waals surface area contributed by atoms with Crippen LogP contribution < -0.4 is 5.32 Å². The molecule has 1 unspecified atom stereocenters. The molecule has 1 fully saturated rings. The van der Waals surface area contributed by atoms with Crippen LogP contribution in [0.4, 0.5) is 0 Å². The van der Waals surface area contributed by atoms with Crippen LogP contribution in [0.2, 0.25) is 0 Å². The summed E-state index contributed by atoms with van der Waals surface area (Å²) in [4.78, 5) is 0. The second kappa shape index (κ2) is 3.55. The highest BCUT2D eigenvalue weighted by atomic mass is 16.5. The Morgan fingerprint density at radius 3 is 2.82 bits per heavy atom. The maximum Gasteiger partial charge on any atom is 0.0800 e. The number of ether oxygens (including phenoxy) is 1. The van der Waals surface area contributed by atoms with Crippen LogP contribution in [0.5, 0.6) is 0 Å². The van der Waals surface area contributed by atoms with Gasteiger partial charge in [-0.25, -0.2) is 0 Å². The van der Waals surface area contributed by atoms with Crippen molar-refractivity contribution in [2.24, 2.45) is 5.92 Å². The summed E-state index contributed by atoms with van der Waals surface area (Å²) in [5.74, 6) is 0.591. The van der Waals surface area contributed by atoms with Crippen LogP contribution in [0.15, 0.2) is 0 Å². The van der Waals surface area contributed by atoms with Crippen LogP contribution in [0.3, 0.4) is 0 Å². The van der Waals surface area contributed by atoms with Gasteiger partial charge in [-0.2, -0.15) is 0 Å². The quantitative estimate of drug-likeness (QED) is 0.621. The molecule has 1 atom stereocenters. The summed E-state index contributed by atoms with van der Waals surface area (Å²) in [5.41, 5.74) is 0.0521. The summed E-state index contributed by atoms with van der Waals surface area (Å²) < 4.78 is 5.79. The first-order valence-electron chi connectivity index (χ1n) is 4.50. The van der Waals surface area contributed by atoms with Crippen LogP contribution >= 0.6 is 0 Å². The summed E-state index contributed by atoms with van der Waals surface area (Å²) >= 11 is 0. The summed E-state index contributed by atoms with van der Waals surface area (Å²) in [6.07, 6.45) is 1.14. The first-order valence-corrected chi connectivity index (χ1v) is 4.50. The van der Waals surface area contributed by atoms with Gasteiger partial charge in [-0.3, -0.25) is 0 Å². The number of hydrogen-bond acceptors (Lipinski definition) is 2. The molecule has 1 aliphatic heterocycles. The van der Waals surface area contributed by atoms with Crippen molar-refractivity contribution in [3.05, 3.63) is 0 Å². The molecular weight excluding hydrogens is 138 g/mol. The van der Waals surface area contributed by atoms with Crippen molar-refractivity contribution in [1.82, 2.24) is 5.32 Å². The summed E-state index contributed by atoms with van der Waals surface area (Å²) in [7, 11) is 0. The number of nitrogens with one attached hydrogen (secondary N) is 1. The van der Waals surface area contributed by atoms with E-state index in [1.165, 1.54) is 0 Å². The van der Waals surface area contributed by atoms with Gasteiger partial charge in [-0.15, -0.1) is 0 Å². The predicted molar refractivity (Wildman–Crippen MR) is 46.7 cm³/mol. The molecule has 1 heterocycles. The van der Waals surface area contributed by atoms with Gasteiger partial charge in [0.05, 0.1) is 5.60 Å². The summed E-state index contributed by atoms with van der Waals surface area (Å²) in [6.45, 7) is 9.62. The van der Waals surface area contributed by atoms with Crippen molar-refractivity contribution in [2.45, 2.75) is 32.8 Å². The average Bonchev–Trinajstić information content (AvgIpc) is 2.15. The van der Waals surface area contributed by atoms with Gasteiger partial charge < -0.3 is 10.1 Å². The van der Waals surface area contributed by atoms with Gasteiger partial charge in [0, 0.05) is 13.2 Å². The first-order chi connectivity index (χ1) is 5.15. The Morgan fingerprint density at radius 1 is 1.45 bits per heavy atom. The van der Waals surface area contributed by atoms with E-state index < -0.39 is 0 Å². The SMILES string of the molecule is CC(C)C1(C)CNCCCO1. The zero-order valence-corrected chi connectivity index (χ0v) is 7.81. The summed E-state index contributed by atoms with van der Waals surface area (Å²) in [5, 5.41) is 3.39. The fourth-order valence-electron chi connectivity index (χ4n) is 1.26. The molecule has 1 N–H and O–H groups in total. The highest BCUT2D eigenvalue weighted by Gasteiger charge is 2.29. The maximum atomic E-state index is 5.79. The van der Waals surface area contributed by atoms with E-state index >= 15 is 0 Å². The van der Waals surface area contributed by atoms with Crippen molar-refractivity contribution in [2.75, 3.05) is 19.7 Å². The molecule has 1 rings (SSSR count). The molecule has 0 aromatic carbocycles. The van der Waals surface area contributed by atoms with Gasteiger partial charge in [0.2, 0.25) is 0 Å². The highest BCUT2D eigenvalue weighted by molar-refractivity contribution is 4.83. The van der Waals surface area contributed by atoms with Crippen LogP contribution in [-0.4, -0.2) is 25.3 Å². The van der Waals surface area contributed by atoms with Gasteiger partial charge in [0.15, 0.2) is 0 Å². The van der Waals surface area contributed by atoms with E-state index in [0.29, 0.717) is 5.92 Å². The molecule has 0 radical (unpaired) electrons. The smallest absolute Gasteiger partial charge is 0.0800 e. The molecule has 11 heavy (non-hydrogen) atoms. The van der Waals surface area contributed by atoms with Gasteiger partial charge >= 0.3 is 0 Å². The van der Waals surface area contributed by atoms with E-state index in [-0.39, 0.29) is 5.60 Å². The molecule has 0 aromatic heterocycles. The van der Waals surface area contributed by atoms with Crippen molar-refractivity contribution in [1.29, 1.82) is 0 Å². The Morgan fingerprint density at radius 2 is 2.18 bits per heavy atom. The van der Waals surface area contributed by atoms with Crippen molar-refractivity contribution >= 4 is 0 Å². The molecule has 2 nitrogen and oxygen atoms in total. The molecule has 1 aliphatic rings. The Bertz CT molecular complexity index is 115. The van der Waals surface area contributed by atoms with Crippen LogP contribution in [-0.2, 0) is 4.74 Å². The largest absolute Gasteiger partial charge is 0.374 e. The van der Waals surface area contributed by atoms with Crippen molar-refractivity contribution in [3.63, 3.8) is 0 Å². The highest BCUT2D eigenvalue weighted by Crippen LogP contribution is 2.21. The lowest BCUT2D eigenvalue weighted by atomic mass is 9.92. The van der Waals surface area contributed by atoms with E-state index in [4.69, 9.17) is 4.74 Å². The number of hydrogen-bond donors (Lipinski definition) is 1. The van der Waals surface area contributed by atoms with Crippen LogP contribution in [0, 0.1) is 5.92 Å². The minimum atomic E-state index is 0.0521. The minimum absolute atomic E-state index is 0.0521. The summed E-state index contributed by atoms with van der Waals surface area (Å²) in [6, 6.07) is 0. The van der Waals surface area contributed by atoms with Crippen LogP contribution in [0.25, 0.3) is 0 Å². The third kappa shape index (κ3) is 2.17. The van der Waals surface area contributed by atoms with Crippen molar-refractivity contribution < 1.29 is 4.74 Å². The van der Waals surface area contributed by atoms with Gasteiger partial charge in [-0.1, -0.05) is 13.8 Å². The lowest BCUT2D eigenvalue weighted by Crippen LogP contribution is -2.42. The third-order valence-electron chi connectivity index (χ3n) is 2.63. The molecule has 66 valence electrons. The second-order valence-corrected chi connectivity index (χ2v) is 3.85. The van der Waals surface area contributed by atoms with E-state index in [0.717, 1.165) is 26.1 Å². The Kier molecular flexibility index (Phi) is 2.90. The van der Waals surface area contributed by atoms with Gasteiger partial charge in [0.25, 0.3) is 0 Å². The fourth-order valence-corrected chi connectivity index (χ4v) is 1.26. The Labute approximate surface area is 69.3 Å². The molecule has 0 bridgehead atoms. The molecule has 0 aliphatic carbocycles. The molecule has 0 spiro atoms. The lowest BCUT2D eigenvalue weighted by Gasteiger charge is -2.32. The zero-order valence-electron chi connectivity index (χ0n) is 7.81. The molecule has 0 amide bonds. The van der Waals surface area contributed by atoms with Crippen molar-refractivity contribution in [3.8, 4) is 0 Å². The maximum absolute atomic E-state index is 5.79.